The SMILES string of the molecule is CC(=O)c1ccc(N2CCN(CC(O)CN3c4ccccc4Sc4ccc(C(F)(F)F)cc43)CC2)cc1. The number of Topliss-reactive ketones (excluding diaryl/α,β-unsaturated/α-hetero) is 1. The lowest BCUT2D eigenvalue weighted by Gasteiger charge is -2.38. The van der Waals surface area contributed by atoms with Crippen molar-refractivity contribution in [2.75, 3.05) is 49.1 Å². The number of hydrogen-bond acceptors (Lipinski definition) is 6. The molecule has 2 heterocycles. The van der Waals surface area contributed by atoms with Gasteiger partial charge in [0.15, 0.2) is 5.78 Å². The van der Waals surface area contributed by atoms with E-state index in [2.05, 4.69) is 9.80 Å². The molecular formula is C28H28F3N3O2S. The minimum absolute atomic E-state index is 0.0394. The number of carbonyl (C=O) groups is 1. The van der Waals surface area contributed by atoms with E-state index in [0.717, 1.165) is 53.4 Å². The van der Waals surface area contributed by atoms with Gasteiger partial charge in [-0.05, 0) is 61.5 Å². The third kappa shape index (κ3) is 5.63. The van der Waals surface area contributed by atoms with Gasteiger partial charge in [-0.25, -0.2) is 0 Å². The zero-order chi connectivity index (χ0) is 26.2. The summed E-state index contributed by atoms with van der Waals surface area (Å²) in [7, 11) is 0. The molecule has 2 aliphatic heterocycles. The fraction of sp³-hybridized carbons (Fsp3) is 0.321. The Morgan fingerprint density at radius 3 is 2.27 bits per heavy atom. The Morgan fingerprint density at radius 2 is 1.59 bits per heavy atom. The van der Waals surface area contributed by atoms with Gasteiger partial charge in [-0.2, -0.15) is 13.2 Å². The molecular weight excluding hydrogens is 499 g/mol. The first kappa shape index (κ1) is 25.6. The van der Waals surface area contributed by atoms with Crippen LogP contribution >= 0.6 is 11.8 Å². The highest BCUT2D eigenvalue weighted by Gasteiger charge is 2.34. The summed E-state index contributed by atoms with van der Waals surface area (Å²) in [4.78, 5) is 19.5. The van der Waals surface area contributed by atoms with Gasteiger partial charge in [0.2, 0.25) is 0 Å². The summed E-state index contributed by atoms with van der Waals surface area (Å²) >= 11 is 1.44. The van der Waals surface area contributed by atoms with E-state index in [1.54, 1.807) is 6.92 Å². The second kappa shape index (κ2) is 10.4. The first-order chi connectivity index (χ1) is 17.7. The van der Waals surface area contributed by atoms with E-state index in [1.807, 2.05) is 53.4 Å². The van der Waals surface area contributed by atoms with Crippen LogP contribution in [-0.4, -0.2) is 61.2 Å². The van der Waals surface area contributed by atoms with Gasteiger partial charge in [0.05, 0.1) is 29.6 Å². The van der Waals surface area contributed by atoms with Crippen molar-refractivity contribution in [2.24, 2.45) is 0 Å². The van der Waals surface area contributed by atoms with Crippen LogP contribution in [0, 0.1) is 0 Å². The lowest BCUT2D eigenvalue weighted by Crippen LogP contribution is -2.50. The van der Waals surface area contributed by atoms with Crippen LogP contribution in [0.1, 0.15) is 22.8 Å². The number of carbonyl (C=O) groups excluding carboxylic acids is 1. The number of piperazine rings is 1. The van der Waals surface area contributed by atoms with Crippen molar-refractivity contribution in [1.29, 1.82) is 0 Å². The molecule has 37 heavy (non-hydrogen) atoms. The Kier molecular flexibility index (Phi) is 7.20. The number of anilines is 3. The molecule has 3 aromatic carbocycles. The fourth-order valence-electron chi connectivity index (χ4n) is 4.86. The van der Waals surface area contributed by atoms with Gasteiger partial charge < -0.3 is 14.9 Å². The number of halogens is 3. The van der Waals surface area contributed by atoms with Crippen molar-refractivity contribution in [3.63, 3.8) is 0 Å². The summed E-state index contributed by atoms with van der Waals surface area (Å²) in [6.45, 7) is 5.25. The van der Waals surface area contributed by atoms with Crippen LogP contribution < -0.4 is 9.80 Å². The Labute approximate surface area is 218 Å². The third-order valence-corrected chi connectivity index (χ3v) is 7.96. The smallest absolute Gasteiger partial charge is 0.390 e. The molecule has 1 fully saturated rings. The summed E-state index contributed by atoms with van der Waals surface area (Å²) in [6.07, 6.45) is -5.19. The number of hydrogen-bond donors (Lipinski definition) is 1. The number of ketones is 1. The molecule has 5 nitrogen and oxygen atoms in total. The molecule has 1 atom stereocenters. The molecule has 5 rings (SSSR count). The second-order valence-corrected chi connectivity index (χ2v) is 10.5. The number of nitrogens with zero attached hydrogens (tertiary/aromatic N) is 3. The van der Waals surface area contributed by atoms with Crippen molar-refractivity contribution < 1.29 is 23.1 Å². The highest BCUT2D eigenvalue weighted by Crippen LogP contribution is 2.49. The van der Waals surface area contributed by atoms with E-state index in [4.69, 9.17) is 0 Å². The summed E-state index contributed by atoms with van der Waals surface area (Å²) in [5.41, 5.74) is 2.32. The van der Waals surface area contributed by atoms with Crippen LogP contribution in [0.25, 0.3) is 0 Å². The minimum atomic E-state index is -4.44. The number of alkyl halides is 3. The van der Waals surface area contributed by atoms with Gasteiger partial charge >= 0.3 is 6.18 Å². The van der Waals surface area contributed by atoms with E-state index in [-0.39, 0.29) is 12.3 Å². The van der Waals surface area contributed by atoms with Gasteiger partial charge in [-0.1, -0.05) is 23.9 Å². The van der Waals surface area contributed by atoms with E-state index < -0.39 is 17.8 Å². The molecule has 0 aromatic heterocycles. The molecule has 0 aliphatic carbocycles. The van der Waals surface area contributed by atoms with Crippen molar-refractivity contribution in [2.45, 2.75) is 29.0 Å². The van der Waals surface area contributed by atoms with Crippen LogP contribution in [0.2, 0.25) is 0 Å². The summed E-state index contributed by atoms with van der Waals surface area (Å²) in [5, 5.41) is 11.0. The number of benzene rings is 3. The molecule has 0 spiro atoms. The molecule has 0 amide bonds. The summed E-state index contributed by atoms with van der Waals surface area (Å²) in [6, 6.07) is 19.0. The molecule has 0 saturated carbocycles. The van der Waals surface area contributed by atoms with E-state index in [0.29, 0.717) is 17.8 Å². The minimum Gasteiger partial charge on any atom is -0.390 e. The first-order valence-corrected chi connectivity index (χ1v) is 13.0. The Bertz CT molecular complexity index is 1270. The van der Waals surface area contributed by atoms with Crippen LogP contribution in [0.4, 0.5) is 30.2 Å². The van der Waals surface area contributed by atoms with Gasteiger partial charge in [-0.3, -0.25) is 9.69 Å². The molecule has 1 saturated heterocycles. The molecule has 0 bridgehead atoms. The highest BCUT2D eigenvalue weighted by atomic mass is 32.2. The predicted octanol–water partition coefficient (Wildman–Crippen LogP) is 5.69. The fourth-order valence-corrected chi connectivity index (χ4v) is 5.94. The molecule has 9 heteroatoms. The van der Waals surface area contributed by atoms with Crippen molar-refractivity contribution in [3.05, 3.63) is 77.9 Å². The molecule has 194 valence electrons. The van der Waals surface area contributed by atoms with E-state index >= 15 is 0 Å². The lowest BCUT2D eigenvalue weighted by atomic mass is 10.1. The number of β-amino-alcohol motifs (C(OH)–C–C–N with tert-alkyl or cyclic N) is 1. The molecule has 3 aromatic rings. The molecule has 2 aliphatic rings. The maximum Gasteiger partial charge on any atom is 0.416 e. The summed E-state index contributed by atoms with van der Waals surface area (Å²) in [5.74, 6) is 0.0394. The Morgan fingerprint density at radius 1 is 0.919 bits per heavy atom. The predicted molar refractivity (Wildman–Crippen MR) is 140 cm³/mol. The maximum atomic E-state index is 13.5. The third-order valence-electron chi connectivity index (χ3n) is 6.83. The first-order valence-electron chi connectivity index (χ1n) is 12.2. The second-order valence-electron chi connectivity index (χ2n) is 9.41. The molecule has 1 N–H and O–H groups in total. The van der Waals surface area contributed by atoms with Crippen LogP contribution in [0.15, 0.2) is 76.5 Å². The highest BCUT2D eigenvalue weighted by molar-refractivity contribution is 7.99. The number of aliphatic hydroxyl groups is 1. The topological polar surface area (TPSA) is 47.0 Å². The normalized spacial score (nSPS) is 16.8. The zero-order valence-electron chi connectivity index (χ0n) is 20.4. The molecule has 1 unspecified atom stereocenters. The number of rotatable bonds is 6. The Balaban J connectivity index is 1.26. The summed E-state index contributed by atoms with van der Waals surface area (Å²) < 4.78 is 40.4. The number of para-hydroxylation sites is 1. The standard InChI is InChI=1S/C28H28F3N3O2S/c1-19(35)20-6-9-22(10-7-20)33-14-12-32(13-15-33)17-23(36)18-34-24-4-2-3-5-26(24)37-27-11-8-21(16-25(27)34)28(29,30)31/h2-11,16,23,36H,12-15,17-18H2,1H3. The van der Waals surface area contributed by atoms with Crippen molar-refractivity contribution in [3.8, 4) is 0 Å². The zero-order valence-corrected chi connectivity index (χ0v) is 21.2. The average molecular weight is 528 g/mol. The van der Waals surface area contributed by atoms with E-state index in [1.165, 1.54) is 23.9 Å². The quantitative estimate of drug-likeness (QED) is 0.416. The Hall–Kier alpha value is -3.01. The lowest BCUT2D eigenvalue weighted by molar-refractivity contribution is -0.137. The van der Waals surface area contributed by atoms with Crippen molar-refractivity contribution in [1.82, 2.24) is 4.90 Å². The number of aliphatic hydroxyl groups excluding tert-OH is 1. The van der Waals surface area contributed by atoms with Crippen LogP contribution in [0.5, 0.6) is 0 Å². The monoisotopic (exact) mass is 527 g/mol. The van der Waals surface area contributed by atoms with Crippen molar-refractivity contribution >= 4 is 34.6 Å². The maximum absolute atomic E-state index is 13.5. The average Bonchev–Trinajstić information content (AvgIpc) is 2.88. The largest absolute Gasteiger partial charge is 0.416 e. The van der Waals surface area contributed by atoms with Gasteiger partial charge in [-0.15, -0.1) is 0 Å². The van der Waals surface area contributed by atoms with E-state index in [9.17, 15) is 23.1 Å². The van der Waals surface area contributed by atoms with Gasteiger partial charge in [0, 0.05) is 53.8 Å². The molecule has 0 radical (unpaired) electrons. The van der Waals surface area contributed by atoms with Crippen LogP contribution in [0.3, 0.4) is 0 Å². The number of fused-ring (bicyclic) bond motifs is 2. The van der Waals surface area contributed by atoms with Crippen LogP contribution in [-0.2, 0) is 6.18 Å². The van der Waals surface area contributed by atoms with Gasteiger partial charge in [0.25, 0.3) is 0 Å². The van der Waals surface area contributed by atoms with Gasteiger partial charge in [0.1, 0.15) is 0 Å².